The summed E-state index contributed by atoms with van der Waals surface area (Å²) in [5.74, 6) is 2.15. The normalized spacial score (nSPS) is 15.6. The highest BCUT2D eigenvalue weighted by Crippen LogP contribution is 2.39. The van der Waals surface area contributed by atoms with Gasteiger partial charge in [-0.05, 0) is 61.6 Å². The molecule has 4 heteroatoms. The molecule has 1 aromatic carbocycles. The van der Waals surface area contributed by atoms with Crippen molar-refractivity contribution >= 4 is 24.0 Å². The van der Waals surface area contributed by atoms with E-state index < -0.39 is 0 Å². The molecule has 1 atom stereocenters. The average molecular weight is 346 g/mol. The fourth-order valence-electron chi connectivity index (χ4n) is 2.76. The molecule has 126 valence electrons. The second-order valence-electron chi connectivity index (χ2n) is 6.68. The number of hydrogen-bond donors (Lipinski definition) is 1. The van der Waals surface area contributed by atoms with Crippen LogP contribution in [0.5, 0.6) is 5.75 Å². The quantitative estimate of drug-likeness (QED) is 0.731. The number of rotatable bonds is 7. The van der Waals surface area contributed by atoms with Gasteiger partial charge in [-0.2, -0.15) is 0 Å². The van der Waals surface area contributed by atoms with Gasteiger partial charge >= 0.3 is 0 Å². The lowest BCUT2D eigenvalue weighted by Crippen LogP contribution is -2.23. The summed E-state index contributed by atoms with van der Waals surface area (Å²) in [6, 6.07) is 2.20. The number of halogens is 2. The summed E-state index contributed by atoms with van der Waals surface area (Å²) in [4.78, 5) is 0. The SMILES string of the molecule is CCC(N)Cc1c(OCC2CC2)c(C)cc(Cl)c1C(C)C.Cl. The lowest BCUT2D eigenvalue weighted by molar-refractivity contribution is 0.293. The van der Waals surface area contributed by atoms with Crippen LogP contribution < -0.4 is 10.5 Å². The zero-order valence-electron chi connectivity index (χ0n) is 14.1. The maximum atomic E-state index is 6.51. The summed E-state index contributed by atoms with van der Waals surface area (Å²) in [7, 11) is 0. The number of ether oxygens (including phenoxy) is 1. The predicted molar refractivity (Wildman–Crippen MR) is 97.7 cm³/mol. The molecule has 0 radical (unpaired) electrons. The highest BCUT2D eigenvalue weighted by molar-refractivity contribution is 6.31. The molecule has 0 heterocycles. The summed E-state index contributed by atoms with van der Waals surface area (Å²) in [5, 5.41) is 0.847. The maximum Gasteiger partial charge on any atom is 0.125 e. The van der Waals surface area contributed by atoms with Gasteiger partial charge in [-0.1, -0.05) is 32.4 Å². The largest absolute Gasteiger partial charge is 0.493 e. The average Bonchev–Trinajstić information content (AvgIpc) is 3.21. The van der Waals surface area contributed by atoms with Crippen molar-refractivity contribution in [1.29, 1.82) is 0 Å². The Morgan fingerprint density at radius 1 is 1.36 bits per heavy atom. The van der Waals surface area contributed by atoms with Crippen LogP contribution >= 0.6 is 24.0 Å². The van der Waals surface area contributed by atoms with Gasteiger partial charge in [0.25, 0.3) is 0 Å². The first-order chi connectivity index (χ1) is 9.93. The first kappa shape index (κ1) is 19.6. The van der Waals surface area contributed by atoms with Crippen molar-refractivity contribution in [3.63, 3.8) is 0 Å². The third-order valence-electron chi connectivity index (χ3n) is 4.29. The first-order valence-corrected chi connectivity index (χ1v) is 8.52. The van der Waals surface area contributed by atoms with Gasteiger partial charge in [0.1, 0.15) is 5.75 Å². The fraction of sp³-hybridized carbons (Fsp3) is 0.667. The van der Waals surface area contributed by atoms with Crippen LogP contribution in [-0.2, 0) is 6.42 Å². The third kappa shape index (κ3) is 4.78. The van der Waals surface area contributed by atoms with Crippen molar-refractivity contribution < 1.29 is 4.74 Å². The Bertz CT molecular complexity index is 498. The van der Waals surface area contributed by atoms with Crippen molar-refractivity contribution in [2.75, 3.05) is 6.61 Å². The van der Waals surface area contributed by atoms with Crippen LogP contribution in [0.3, 0.4) is 0 Å². The van der Waals surface area contributed by atoms with Crippen molar-refractivity contribution in [3.05, 3.63) is 27.8 Å². The van der Waals surface area contributed by atoms with Gasteiger partial charge in [0, 0.05) is 16.6 Å². The molecule has 1 saturated carbocycles. The van der Waals surface area contributed by atoms with Crippen LogP contribution in [0.1, 0.15) is 62.6 Å². The van der Waals surface area contributed by atoms with Crippen molar-refractivity contribution in [3.8, 4) is 5.75 Å². The lowest BCUT2D eigenvalue weighted by atomic mass is 9.90. The zero-order chi connectivity index (χ0) is 15.6. The van der Waals surface area contributed by atoms with Crippen LogP contribution in [0.4, 0.5) is 0 Å². The molecule has 22 heavy (non-hydrogen) atoms. The number of nitrogens with two attached hydrogens (primary N) is 1. The minimum atomic E-state index is 0. The van der Waals surface area contributed by atoms with Crippen LogP contribution in [0.25, 0.3) is 0 Å². The van der Waals surface area contributed by atoms with Crippen LogP contribution in [0, 0.1) is 12.8 Å². The Morgan fingerprint density at radius 2 is 2.00 bits per heavy atom. The van der Waals surface area contributed by atoms with E-state index in [4.69, 9.17) is 22.1 Å². The van der Waals surface area contributed by atoms with E-state index in [-0.39, 0.29) is 18.4 Å². The molecule has 2 rings (SSSR count). The highest BCUT2D eigenvalue weighted by atomic mass is 35.5. The molecule has 0 spiro atoms. The van der Waals surface area contributed by atoms with Gasteiger partial charge in [-0.25, -0.2) is 0 Å². The number of benzene rings is 1. The summed E-state index contributed by atoms with van der Waals surface area (Å²) in [5.41, 5.74) is 9.77. The lowest BCUT2D eigenvalue weighted by Gasteiger charge is -2.23. The maximum absolute atomic E-state index is 6.51. The summed E-state index contributed by atoms with van der Waals surface area (Å²) in [6.07, 6.45) is 4.40. The fourth-order valence-corrected chi connectivity index (χ4v) is 3.25. The van der Waals surface area contributed by atoms with Gasteiger partial charge < -0.3 is 10.5 Å². The molecular formula is C18H29Cl2NO. The second kappa shape index (κ2) is 8.42. The zero-order valence-corrected chi connectivity index (χ0v) is 15.7. The predicted octanol–water partition coefficient (Wildman–Crippen LogP) is 5.26. The van der Waals surface area contributed by atoms with E-state index in [1.807, 2.05) is 6.07 Å². The smallest absolute Gasteiger partial charge is 0.125 e. The Morgan fingerprint density at radius 3 is 2.50 bits per heavy atom. The van der Waals surface area contributed by atoms with Gasteiger partial charge in [0.05, 0.1) is 6.61 Å². The molecule has 1 aliphatic carbocycles. The highest BCUT2D eigenvalue weighted by Gasteiger charge is 2.25. The minimum Gasteiger partial charge on any atom is -0.493 e. The van der Waals surface area contributed by atoms with Gasteiger partial charge in [-0.3, -0.25) is 0 Å². The monoisotopic (exact) mass is 345 g/mol. The van der Waals surface area contributed by atoms with E-state index in [1.165, 1.54) is 24.0 Å². The second-order valence-corrected chi connectivity index (χ2v) is 7.09. The van der Waals surface area contributed by atoms with E-state index in [0.29, 0.717) is 5.92 Å². The molecule has 2 N–H and O–H groups in total. The van der Waals surface area contributed by atoms with E-state index >= 15 is 0 Å². The summed E-state index contributed by atoms with van der Waals surface area (Å²) < 4.78 is 6.17. The molecule has 1 fully saturated rings. The first-order valence-electron chi connectivity index (χ1n) is 8.14. The van der Waals surface area contributed by atoms with E-state index in [2.05, 4.69) is 27.7 Å². The van der Waals surface area contributed by atoms with Gasteiger partial charge in [0.2, 0.25) is 0 Å². The van der Waals surface area contributed by atoms with Crippen LogP contribution in [0.2, 0.25) is 5.02 Å². The molecule has 0 aliphatic heterocycles. The number of hydrogen-bond acceptors (Lipinski definition) is 2. The van der Waals surface area contributed by atoms with Crippen molar-refractivity contribution in [2.24, 2.45) is 11.7 Å². The molecule has 0 amide bonds. The van der Waals surface area contributed by atoms with E-state index in [1.54, 1.807) is 0 Å². The molecule has 1 aliphatic rings. The minimum absolute atomic E-state index is 0. The molecule has 0 bridgehead atoms. The number of aryl methyl sites for hydroxylation is 1. The molecule has 0 aromatic heterocycles. The van der Waals surface area contributed by atoms with Crippen molar-refractivity contribution in [2.45, 2.75) is 65.3 Å². The summed E-state index contributed by atoms with van der Waals surface area (Å²) in [6.45, 7) is 9.40. The van der Waals surface area contributed by atoms with E-state index in [0.717, 1.165) is 41.7 Å². The molecule has 2 nitrogen and oxygen atoms in total. The van der Waals surface area contributed by atoms with E-state index in [9.17, 15) is 0 Å². The Labute approximate surface area is 146 Å². The topological polar surface area (TPSA) is 35.2 Å². The standard InChI is InChI=1S/C18H28ClNO.ClH/c1-5-14(20)9-15-17(11(2)3)16(19)8-12(4)18(15)21-10-13-6-7-13;/h8,11,13-14H,5-7,9-10,20H2,1-4H3;1H. The summed E-state index contributed by atoms with van der Waals surface area (Å²) >= 11 is 6.51. The van der Waals surface area contributed by atoms with Crippen molar-refractivity contribution in [1.82, 2.24) is 0 Å². The Hall–Kier alpha value is -0.440. The van der Waals surface area contributed by atoms with Gasteiger partial charge in [0.15, 0.2) is 0 Å². The molecule has 1 unspecified atom stereocenters. The Balaban J connectivity index is 0.00000242. The molecule has 1 aromatic rings. The Kier molecular flexibility index (Phi) is 7.51. The molecular weight excluding hydrogens is 317 g/mol. The van der Waals surface area contributed by atoms with Gasteiger partial charge in [-0.15, -0.1) is 12.4 Å². The van der Waals surface area contributed by atoms with Crippen LogP contribution in [0.15, 0.2) is 6.07 Å². The van der Waals surface area contributed by atoms with Crippen LogP contribution in [-0.4, -0.2) is 12.6 Å². The molecule has 0 saturated heterocycles. The third-order valence-corrected chi connectivity index (χ3v) is 4.60.